The van der Waals surface area contributed by atoms with Crippen molar-refractivity contribution in [2.75, 3.05) is 12.0 Å². The SMILES string of the molecule is CSCC(C)(C)N(C=S)C(C)=O. The number of thiocarbonyl (C=S) groups is 1. The van der Waals surface area contributed by atoms with Gasteiger partial charge in [-0.3, -0.25) is 4.79 Å². The van der Waals surface area contributed by atoms with Crippen LogP contribution in [0.2, 0.25) is 0 Å². The first-order chi connectivity index (χ1) is 5.45. The molecule has 12 heavy (non-hydrogen) atoms. The number of rotatable bonds is 4. The summed E-state index contributed by atoms with van der Waals surface area (Å²) in [5.41, 5.74) is 1.26. The van der Waals surface area contributed by atoms with Gasteiger partial charge in [0, 0.05) is 12.7 Å². The Bertz CT molecular complexity index is 180. The van der Waals surface area contributed by atoms with Gasteiger partial charge in [-0.25, -0.2) is 0 Å². The molecule has 0 fully saturated rings. The molecule has 0 rings (SSSR count). The molecule has 0 aromatic rings. The van der Waals surface area contributed by atoms with E-state index in [9.17, 15) is 4.79 Å². The fourth-order valence-electron chi connectivity index (χ4n) is 1.07. The van der Waals surface area contributed by atoms with Gasteiger partial charge in [-0.1, -0.05) is 12.2 Å². The first kappa shape index (κ1) is 11.9. The molecule has 0 aliphatic carbocycles. The van der Waals surface area contributed by atoms with Gasteiger partial charge in [0.1, 0.15) is 0 Å². The molecule has 1 amide bonds. The lowest BCUT2D eigenvalue weighted by atomic mass is 10.1. The van der Waals surface area contributed by atoms with Gasteiger partial charge >= 0.3 is 0 Å². The zero-order valence-electron chi connectivity index (χ0n) is 7.96. The van der Waals surface area contributed by atoms with Crippen molar-refractivity contribution in [1.29, 1.82) is 0 Å². The van der Waals surface area contributed by atoms with Crippen molar-refractivity contribution in [1.82, 2.24) is 4.90 Å². The molecule has 0 aromatic carbocycles. The molecule has 0 saturated heterocycles. The standard InChI is InChI=1S/C8H15NOS2/c1-7(10)9(6-11)8(2,3)5-12-4/h6H,5H2,1-4H3. The minimum absolute atomic E-state index is 0.00375. The third kappa shape index (κ3) is 3.11. The van der Waals surface area contributed by atoms with Crippen molar-refractivity contribution in [2.45, 2.75) is 26.3 Å². The van der Waals surface area contributed by atoms with Crippen LogP contribution in [-0.4, -0.2) is 33.8 Å². The predicted molar refractivity (Wildman–Crippen MR) is 58.6 cm³/mol. The third-order valence-electron chi connectivity index (χ3n) is 1.59. The van der Waals surface area contributed by atoms with Crippen molar-refractivity contribution in [3.05, 3.63) is 0 Å². The van der Waals surface area contributed by atoms with Crippen molar-refractivity contribution in [2.24, 2.45) is 0 Å². The van der Waals surface area contributed by atoms with E-state index in [1.165, 1.54) is 12.4 Å². The van der Waals surface area contributed by atoms with Crippen LogP contribution in [0.15, 0.2) is 0 Å². The molecule has 4 heteroatoms. The molecule has 0 spiro atoms. The van der Waals surface area contributed by atoms with Gasteiger partial charge in [0.05, 0.1) is 11.0 Å². The average molecular weight is 205 g/mol. The summed E-state index contributed by atoms with van der Waals surface area (Å²) in [7, 11) is 0. The summed E-state index contributed by atoms with van der Waals surface area (Å²) in [5, 5.41) is 0. The van der Waals surface area contributed by atoms with Crippen LogP contribution in [0.25, 0.3) is 0 Å². The molecule has 0 atom stereocenters. The summed E-state index contributed by atoms with van der Waals surface area (Å²) in [6.45, 7) is 5.55. The second-order valence-corrected chi connectivity index (χ2v) is 4.32. The fraction of sp³-hybridized carbons (Fsp3) is 0.750. The molecule has 0 unspecified atom stereocenters. The van der Waals surface area contributed by atoms with E-state index < -0.39 is 0 Å². The highest BCUT2D eigenvalue weighted by molar-refractivity contribution is 7.98. The highest BCUT2D eigenvalue weighted by Gasteiger charge is 2.26. The van der Waals surface area contributed by atoms with Crippen molar-refractivity contribution < 1.29 is 4.79 Å². The van der Waals surface area contributed by atoms with Crippen LogP contribution >= 0.6 is 24.0 Å². The van der Waals surface area contributed by atoms with Gasteiger partial charge in [-0.05, 0) is 20.1 Å². The average Bonchev–Trinajstić information content (AvgIpc) is 1.86. The van der Waals surface area contributed by atoms with E-state index in [1.54, 1.807) is 16.7 Å². The van der Waals surface area contributed by atoms with Crippen LogP contribution in [0.3, 0.4) is 0 Å². The fourth-order valence-corrected chi connectivity index (χ4v) is 2.35. The second-order valence-electron chi connectivity index (χ2n) is 3.24. The molecular weight excluding hydrogens is 190 g/mol. The van der Waals surface area contributed by atoms with Crippen LogP contribution in [0, 0.1) is 0 Å². The number of nitrogens with zero attached hydrogens (tertiary/aromatic N) is 1. The zero-order valence-corrected chi connectivity index (χ0v) is 9.59. The Kier molecular flexibility index (Phi) is 4.78. The van der Waals surface area contributed by atoms with Crippen molar-refractivity contribution >= 4 is 35.4 Å². The quantitative estimate of drug-likeness (QED) is 0.654. The van der Waals surface area contributed by atoms with E-state index in [1.807, 2.05) is 20.1 Å². The maximum atomic E-state index is 11.1. The first-order valence-electron chi connectivity index (χ1n) is 3.70. The van der Waals surface area contributed by atoms with E-state index in [2.05, 4.69) is 0 Å². The predicted octanol–water partition coefficient (Wildman–Crippen LogP) is 1.93. The first-order valence-corrected chi connectivity index (χ1v) is 5.56. The Hall–Kier alpha value is -0.0900. The van der Waals surface area contributed by atoms with E-state index in [0.717, 1.165) is 5.75 Å². The summed E-state index contributed by atoms with van der Waals surface area (Å²) >= 11 is 6.49. The number of carbonyl (C=O) groups excluding carboxylic acids is 1. The maximum absolute atomic E-state index is 11.1. The molecule has 0 aliphatic rings. The molecule has 0 radical (unpaired) electrons. The van der Waals surface area contributed by atoms with Gasteiger partial charge in [-0.15, -0.1) is 0 Å². The topological polar surface area (TPSA) is 20.3 Å². The van der Waals surface area contributed by atoms with Crippen LogP contribution in [-0.2, 0) is 4.79 Å². The number of hydrogen-bond acceptors (Lipinski definition) is 3. The summed E-state index contributed by atoms with van der Waals surface area (Å²) in [5.74, 6) is 0.892. The Balaban J connectivity index is 4.46. The van der Waals surface area contributed by atoms with Gasteiger partial charge < -0.3 is 4.90 Å². The molecule has 0 heterocycles. The Labute approximate surface area is 83.7 Å². The molecule has 0 N–H and O–H groups in total. The largest absolute Gasteiger partial charge is 0.303 e. The summed E-state index contributed by atoms with van der Waals surface area (Å²) in [6.07, 6.45) is 2.02. The molecule has 0 aliphatic heterocycles. The lowest BCUT2D eigenvalue weighted by Gasteiger charge is -2.33. The monoisotopic (exact) mass is 205 g/mol. The lowest BCUT2D eigenvalue weighted by molar-refractivity contribution is -0.127. The highest BCUT2D eigenvalue weighted by Crippen LogP contribution is 2.17. The van der Waals surface area contributed by atoms with Gasteiger partial charge in [-0.2, -0.15) is 11.8 Å². The molecule has 0 bridgehead atoms. The molecule has 2 nitrogen and oxygen atoms in total. The molecule has 0 saturated carbocycles. The normalized spacial score (nSPS) is 11.0. The van der Waals surface area contributed by atoms with Gasteiger partial charge in [0.15, 0.2) is 0 Å². The smallest absolute Gasteiger partial charge is 0.224 e. The zero-order chi connectivity index (χ0) is 9.78. The Morgan fingerprint density at radius 1 is 1.67 bits per heavy atom. The van der Waals surface area contributed by atoms with E-state index in [4.69, 9.17) is 12.2 Å². The van der Waals surface area contributed by atoms with Crippen LogP contribution in [0.1, 0.15) is 20.8 Å². The number of hydrogen-bond donors (Lipinski definition) is 0. The minimum atomic E-state index is -0.174. The minimum Gasteiger partial charge on any atom is -0.303 e. The lowest BCUT2D eigenvalue weighted by Crippen LogP contribution is -2.47. The summed E-state index contributed by atoms with van der Waals surface area (Å²) in [6, 6.07) is 0. The van der Waals surface area contributed by atoms with Crippen LogP contribution in [0.4, 0.5) is 0 Å². The van der Waals surface area contributed by atoms with Gasteiger partial charge in [0.2, 0.25) is 5.91 Å². The number of amides is 1. The Morgan fingerprint density at radius 2 is 2.17 bits per heavy atom. The van der Waals surface area contributed by atoms with Crippen LogP contribution < -0.4 is 0 Å². The van der Waals surface area contributed by atoms with Crippen LogP contribution in [0.5, 0.6) is 0 Å². The number of carbonyl (C=O) groups is 1. The third-order valence-corrected chi connectivity index (χ3v) is 2.80. The van der Waals surface area contributed by atoms with E-state index in [-0.39, 0.29) is 11.4 Å². The van der Waals surface area contributed by atoms with E-state index in [0.29, 0.717) is 0 Å². The summed E-state index contributed by atoms with van der Waals surface area (Å²) in [4.78, 5) is 12.7. The Morgan fingerprint density at radius 3 is 2.42 bits per heavy atom. The van der Waals surface area contributed by atoms with Crippen molar-refractivity contribution in [3.63, 3.8) is 0 Å². The second kappa shape index (κ2) is 4.82. The molecule has 70 valence electrons. The molecule has 0 aromatic heterocycles. The molecular formula is C8H15NOS2. The maximum Gasteiger partial charge on any atom is 0.224 e. The highest BCUT2D eigenvalue weighted by atomic mass is 32.2. The number of thioether (sulfide) groups is 1. The van der Waals surface area contributed by atoms with Crippen molar-refractivity contribution in [3.8, 4) is 0 Å². The van der Waals surface area contributed by atoms with E-state index >= 15 is 0 Å². The van der Waals surface area contributed by atoms with Gasteiger partial charge in [0.25, 0.3) is 0 Å². The summed E-state index contributed by atoms with van der Waals surface area (Å²) < 4.78 is 0.